The molecular weight excluding hydrogens is 278 g/mol. The molecule has 0 spiro atoms. The smallest absolute Gasteiger partial charge is 0.194 e. The lowest BCUT2D eigenvalue weighted by Crippen LogP contribution is -2.53. The van der Waals surface area contributed by atoms with Crippen molar-refractivity contribution in [2.75, 3.05) is 39.3 Å². The summed E-state index contributed by atoms with van der Waals surface area (Å²) < 4.78 is 1.77. The summed E-state index contributed by atoms with van der Waals surface area (Å²) in [6.07, 6.45) is 1.57. The molecule has 1 aromatic heterocycles. The lowest BCUT2D eigenvalue weighted by molar-refractivity contribution is 0.164. The highest BCUT2D eigenvalue weighted by Crippen LogP contribution is 2.06. The molecule has 0 amide bonds. The highest BCUT2D eigenvalue weighted by molar-refractivity contribution is 5.80. The molecule has 0 radical (unpaired) electrons. The molecule has 124 valence electrons. The Kier molecular flexibility index (Phi) is 6.18. The molecule has 7 nitrogen and oxygen atoms in total. The van der Waals surface area contributed by atoms with Crippen molar-refractivity contribution >= 4 is 5.96 Å². The summed E-state index contributed by atoms with van der Waals surface area (Å²) >= 11 is 0. The first-order valence-corrected chi connectivity index (χ1v) is 8.18. The molecule has 1 aliphatic rings. The Hall–Kier alpha value is -1.63. The summed E-state index contributed by atoms with van der Waals surface area (Å²) in [6.45, 7) is 13.5. The summed E-state index contributed by atoms with van der Waals surface area (Å²) in [5, 5.41) is 7.48. The lowest BCUT2D eigenvalue weighted by Gasteiger charge is -2.37. The number of nitrogens with zero attached hydrogens (tertiary/aromatic N) is 6. The third-order valence-corrected chi connectivity index (χ3v) is 3.81. The van der Waals surface area contributed by atoms with E-state index in [0.717, 1.165) is 50.4 Å². The molecule has 0 aliphatic carbocycles. The van der Waals surface area contributed by atoms with Crippen molar-refractivity contribution in [1.82, 2.24) is 29.9 Å². The molecule has 0 saturated carbocycles. The number of guanidine groups is 1. The first kappa shape index (κ1) is 16.7. The van der Waals surface area contributed by atoms with Gasteiger partial charge in [0.05, 0.1) is 0 Å². The van der Waals surface area contributed by atoms with Crippen molar-refractivity contribution in [3.05, 3.63) is 12.2 Å². The van der Waals surface area contributed by atoms with Gasteiger partial charge in [0, 0.05) is 46.3 Å². The summed E-state index contributed by atoms with van der Waals surface area (Å²) in [6, 6.07) is 0. The number of nitrogens with one attached hydrogen (secondary N) is 1. The fourth-order valence-corrected chi connectivity index (χ4v) is 2.69. The maximum Gasteiger partial charge on any atom is 0.194 e. The predicted octanol–water partition coefficient (Wildman–Crippen LogP) is 0.554. The van der Waals surface area contributed by atoms with E-state index in [2.05, 4.69) is 46.0 Å². The van der Waals surface area contributed by atoms with Crippen LogP contribution >= 0.6 is 0 Å². The van der Waals surface area contributed by atoms with Gasteiger partial charge in [0.2, 0.25) is 0 Å². The van der Waals surface area contributed by atoms with Gasteiger partial charge >= 0.3 is 0 Å². The molecule has 2 rings (SSSR count). The van der Waals surface area contributed by atoms with Crippen LogP contribution in [-0.4, -0.2) is 69.8 Å². The molecular formula is C15H29N7. The van der Waals surface area contributed by atoms with Gasteiger partial charge in [-0.05, 0) is 12.8 Å². The SMILES string of the molecule is CCNC(=NCc1ncnn1C)N1CCN(CC(C)C)CC1. The van der Waals surface area contributed by atoms with Gasteiger partial charge in [-0.2, -0.15) is 5.10 Å². The van der Waals surface area contributed by atoms with Gasteiger partial charge in [-0.3, -0.25) is 9.58 Å². The minimum Gasteiger partial charge on any atom is -0.357 e. The van der Waals surface area contributed by atoms with E-state index in [1.807, 2.05) is 7.05 Å². The molecule has 1 saturated heterocycles. The van der Waals surface area contributed by atoms with Crippen LogP contribution in [0.3, 0.4) is 0 Å². The summed E-state index contributed by atoms with van der Waals surface area (Å²) in [5.41, 5.74) is 0. The molecule has 7 heteroatoms. The molecule has 1 fully saturated rings. The van der Waals surface area contributed by atoms with Crippen LogP contribution in [0.15, 0.2) is 11.3 Å². The van der Waals surface area contributed by atoms with Gasteiger partial charge in [-0.15, -0.1) is 0 Å². The molecule has 0 atom stereocenters. The number of aliphatic imine (C=N–C) groups is 1. The van der Waals surface area contributed by atoms with E-state index in [-0.39, 0.29) is 0 Å². The summed E-state index contributed by atoms with van der Waals surface area (Å²) in [4.78, 5) is 13.8. The molecule has 0 unspecified atom stereocenters. The zero-order valence-electron chi connectivity index (χ0n) is 14.3. The minimum atomic E-state index is 0.561. The fraction of sp³-hybridized carbons (Fsp3) is 0.800. The fourth-order valence-electron chi connectivity index (χ4n) is 2.69. The molecule has 2 heterocycles. The highest BCUT2D eigenvalue weighted by Gasteiger charge is 2.20. The lowest BCUT2D eigenvalue weighted by atomic mass is 10.2. The Morgan fingerprint density at radius 2 is 2.05 bits per heavy atom. The van der Waals surface area contributed by atoms with Crippen LogP contribution in [0.1, 0.15) is 26.6 Å². The summed E-state index contributed by atoms with van der Waals surface area (Å²) in [7, 11) is 1.90. The zero-order chi connectivity index (χ0) is 15.9. The van der Waals surface area contributed by atoms with E-state index in [1.54, 1.807) is 11.0 Å². The maximum absolute atomic E-state index is 4.72. The van der Waals surface area contributed by atoms with E-state index in [1.165, 1.54) is 6.54 Å². The van der Waals surface area contributed by atoms with Crippen molar-refractivity contribution in [2.45, 2.75) is 27.3 Å². The number of aromatic nitrogens is 3. The molecule has 22 heavy (non-hydrogen) atoms. The van der Waals surface area contributed by atoms with E-state index in [4.69, 9.17) is 4.99 Å². The van der Waals surface area contributed by atoms with Gasteiger partial charge in [0.1, 0.15) is 18.7 Å². The summed E-state index contributed by atoms with van der Waals surface area (Å²) in [5.74, 6) is 2.59. The van der Waals surface area contributed by atoms with Gasteiger partial charge in [0.15, 0.2) is 5.96 Å². The third kappa shape index (κ3) is 4.69. The molecule has 0 bridgehead atoms. The first-order valence-electron chi connectivity index (χ1n) is 8.18. The number of rotatable bonds is 5. The molecule has 1 aromatic rings. The van der Waals surface area contributed by atoms with Gasteiger partial charge in [-0.25, -0.2) is 9.98 Å². The number of hydrogen-bond donors (Lipinski definition) is 1. The van der Waals surface area contributed by atoms with E-state index in [9.17, 15) is 0 Å². The second kappa shape index (κ2) is 8.12. The second-order valence-electron chi connectivity index (χ2n) is 6.15. The van der Waals surface area contributed by atoms with E-state index < -0.39 is 0 Å². The number of hydrogen-bond acceptors (Lipinski definition) is 4. The van der Waals surface area contributed by atoms with Crippen LogP contribution in [0.2, 0.25) is 0 Å². The standard InChI is InChI=1S/C15H29N7/c1-5-16-15(17-10-14-18-12-19-20(14)4)22-8-6-21(7-9-22)11-13(2)3/h12-13H,5-11H2,1-4H3,(H,16,17). The van der Waals surface area contributed by atoms with Crippen LogP contribution < -0.4 is 5.32 Å². The largest absolute Gasteiger partial charge is 0.357 e. The Labute approximate surface area is 133 Å². The normalized spacial score (nSPS) is 17.3. The Morgan fingerprint density at radius 1 is 1.32 bits per heavy atom. The van der Waals surface area contributed by atoms with E-state index in [0.29, 0.717) is 6.54 Å². The Bertz CT molecular complexity index is 472. The monoisotopic (exact) mass is 307 g/mol. The topological polar surface area (TPSA) is 61.6 Å². The van der Waals surface area contributed by atoms with Crippen molar-refractivity contribution in [3.63, 3.8) is 0 Å². The van der Waals surface area contributed by atoms with Crippen LogP contribution in [0.25, 0.3) is 0 Å². The highest BCUT2D eigenvalue weighted by atomic mass is 15.4. The van der Waals surface area contributed by atoms with Crippen molar-refractivity contribution in [1.29, 1.82) is 0 Å². The third-order valence-electron chi connectivity index (χ3n) is 3.81. The van der Waals surface area contributed by atoms with Crippen molar-refractivity contribution in [2.24, 2.45) is 18.0 Å². The van der Waals surface area contributed by atoms with E-state index >= 15 is 0 Å². The zero-order valence-corrected chi connectivity index (χ0v) is 14.3. The van der Waals surface area contributed by atoms with Gasteiger partial charge in [-0.1, -0.05) is 13.8 Å². The van der Waals surface area contributed by atoms with Crippen LogP contribution in [0.4, 0.5) is 0 Å². The quantitative estimate of drug-likeness (QED) is 0.636. The van der Waals surface area contributed by atoms with Crippen molar-refractivity contribution < 1.29 is 0 Å². The second-order valence-corrected chi connectivity index (χ2v) is 6.15. The van der Waals surface area contributed by atoms with Crippen molar-refractivity contribution in [3.8, 4) is 0 Å². The molecule has 1 N–H and O–H groups in total. The first-order chi connectivity index (χ1) is 10.6. The Balaban J connectivity index is 1.92. The van der Waals surface area contributed by atoms with Crippen LogP contribution in [-0.2, 0) is 13.6 Å². The molecule has 1 aliphatic heterocycles. The van der Waals surface area contributed by atoms with Gasteiger partial charge in [0.25, 0.3) is 0 Å². The maximum atomic E-state index is 4.72. The van der Waals surface area contributed by atoms with Crippen LogP contribution in [0, 0.1) is 5.92 Å². The van der Waals surface area contributed by atoms with Gasteiger partial charge < -0.3 is 10.2 Å². The molecule has 0 aromatic carbocycles. The predicted molar refractivity (Wildman–Crippen MR) is 88.7 cm³/mol. The number of aryl methyl sites for hydroxylation is 1. The number of piperazine rings is 1. The average molecular weight is 307 g/mol. The average Bonchev–Trinajstić information content (AvgIpc) is 2.89. The van der Waals surface area contributed by atoms with Crippen LogP contribution in [0.5, 0.6) is 0 Å². The minimum absolute atomic E-state index is 0.561. The Morgan fingerprint density at radius 3 is 2.59 bits per heavy atom.